The van der Waals surface area contributed by atoms with Gasteiger partial charge in [0.25, 0.3) is 0 Å². The molecular weight excluding hydrogens is 333 g/mol. The molecule has 2 aromatic heterocycles. The van der Waals surface area contributed by atoms with Gasteiger partial charge in [-0.2, -0.15) is 10.2 Å². The van der Waals surface area contributed by atoms with Crippen LogP contribution in [0.4, 0.5) is 10.2 Å². The van der Waals surface area contributed by atoms with Gasteiger partial charge < -0.3 is 5.32 Å². The molecule has 3 rings (SSSR count). The Morgan fingerprint density at radius 1 is 1.21 bits per heavy atom. The number of carbonyl (C=O) groups excluding carboxylic acids is 1. The van der Waals surface area contributed by atoms with E-state index in [2.05, 4.69) is 15.5 Å². The molecule has 1 N–H and O–H groups in total. The molecule has 0 atom stereocenters. The quantitative estimate of drug-likeness (QED) is 0.745. The van der Waals surface area contributed by atoms with Gasteiger partial charge in [-0.15, -0.1) is 0 Å². The maximum Gasteiger partial charge on any atom is 0.227 e. The van der Waals surface area contributed by atoms with Gasteiger partial charge in [-0.1, -0.05) is 23.7 Å². The Balaban J connectivity index is 1.51. The Morgan fingerprint density at radius 2 is 2.00 bits per heavy atom. The smallest absolute Gasteiger partial charge is 0.227 e. The highest BCUT2D eigenvalue weighted by molar-refractivity contribution is 6.30. The molecule has 1 aromatic carbocycles. The van der Waals surface area contributed by atoms with Crippen molar-refractivity contribution in [1.29, 1.82) is 0 Å². The molecule has 8 heteroatoms. The first-order chi connectivity index (χ1) is 11.6. The topological polar surface area (TPSA) is 64.7 Å². The van der Waals surface area contributed by atoms with E-state index in [0.717, 1.165) is 5.56 Å². The minimum Gasteiger partial charge on any atom is -0.309 e. The van der Waals surface area contributed by atoms with Gasteiger partial charge in [-0.3, -0.25) is 14.2 Å². The fourth-order valence-corrected chi connectivity index (χ4v) is 2.33. The number of aryl methyl sites for hydroxylation is 1. The highest BCUT2D eigenvalue weighted by Crippen LogP contribution is 2.09. The summed E-state index contributed by atoms with van der Waals surface area (Å²) in [5, 5.41) is 11.6. The van der Waals surface area contributed by atoms with Crippen molar-refractivity contribution < 1.29 is 9.18 Å². The summed E-state index contributed by atoms with van der Waals surface area (Å²) in [5.41, 5.74) is 0.924. The van der Waals surface area contributed by atoms with Gasteiger partial charge in [0, 0.05) is 31.4 Å². The normalized spacial score (nSPS) is 10.8. The average Bonchev–Trinajstić information content (AvgIpc) is 3.17. The second kappa shape index (κ2) is 7.27. The van der Waals surface area contributed by atoms with E-state index in [1.54, 1.807) is 40.0 Å². The highest BCUT2D eigenvalue weighted by atomic mass is 35.5. The van der Waals surface area contributed by atoms with Crippen molar-refractivity contribution in [1.82, 2.24) is 19.6 Å². The lowest BCUT2D eigenvalue weighted by molar-refractivity contribution is -0.116. The molecule has 3 aromatic rings. The number of hydrogen-bond acceptors (Lipinski definition) is 3. The molecule has 0 fully saturated rings. The second-order valence-electron chi connectivity index (χ2n) is 5.24. The third-order valence-electron chi connectivity index (χ3n) is 3.34. The summed E-state index contributed by atoms with van der Waals surface area (Å²) < 4.78 is 16.2. The lowest BCUT2D eigenvalue weighted by atomic mass is 10.2. The molecule has 2 heterocycles. The molecule has 0 saturated carbocycles. The summed E-state index contributed by atoms with van der Waals surface area (Å²) >= 11 is 5.77. The summed E-state index contributed by atoms with van der Waals surface area (Å²) in [5.74, 6) is 0.0416. The van der Waals surface area contributed by atoms with Crippen molar-refractivity contribution in [2.45, 2.75) is 19.5 Å². The van der Waals surface area contributed by atoms with Crippen LogP contribution in [0.3, 0.4) is 0 Å². The fourth-order valence-electron chi connectivity index (χ4n) is 2.18. The average molecular weight is 348 g/mol. The van der Waals surface area contributed by atoms with E-state index in [0.29, 0.717) is 23.9 Å². The second-order valence-corrected chi connectivity index (χ2v) is 5.68. The number of hydrogen-bond donors (Lipinski definition) is 1. The third-order valence-corrected chi connectivity index (χ3v) is 3.53. The molecule has 1 amide bonds. The number of anilines is 1. The summed E-state index contributed by atoms with van der Waals surface area (Å²) in [4.78, 5) is 11.9. The van der Waals surface area contributed by atoms with Crippen molar-refractivity contribution in [3.8, 4) is 0 Å². The van der Waals surface area contributed by atoms with Gasteiger partial charge in [0.15, 0.2) is 5.82 Å². The number of rotatable bonds is 6. The molecule has 0 unspecified atom stereocenters. The van der Waals surface area contributed by atoms with Crippen LogP contribution < -0.4 is 5.32 Å². The lowest BCUT2D eigenvalue weighted by Crippen LogP contribution is -2.15. The van der Waals surface area contributed by atoms with Crippen LogP contribution >= 0.6 is 11.6 Å². The van der Waals surface area contributed by atoms with Gasteiger partial charge in [0.1, 0.15) is 5.82 Å². The predicted molar refractivity (Wildman–Crippen MR) is 88.2 cm³/mol. The number of nitrogens with zero attached hydrogens (tertiary/aromatic N) is 4. The Bertz CT molecular complexity index is 827. The van der Waals surface area contributed by atoms with E-state index in [1.165, 1.54) is 18.3 Å². The van der Waals surface area contributed by atoms with Gasteiger partial charge >= 0.3 is 0 Å². The first-order valence-electron chi connectivity index (χ1n) is 7.34. The SMILES string of the molecule is O=C(CCn1cc(Cl)cn1)Nc1ccn(Cc2ccc(F)cc2)n1. The summed E-state index contributed by atoms with van der Waals surface area (Å²) in [6.07, 6.45) is 5.21. The molecule has 0 aliphatic heterocycles. The van der Waals surface area contributed by atoms with E-state index in [1.807, 2.05) is 0 Å². The number of carbonyl (C=O) groups is 1. The van der Waals surface area contributed by atoms with Crippen molar-refractivity contribution >= 4 is 23.3 Å². The minimum atomic E-state index is -0.273. The van der Waals surface area contributed by atoms with Crippen molar-refractivity contribution in [2.75, 3.05) is 5.32 Å². The van der Waals surface area contributed by atoms with Gasteiger partial charge in [0.2, 0.25) is 5.91 Å². The van der Waals surface area contributed by atoms with E-state index in [-0.39, 0.29) is 18.1 Å². The van der Waals surface area contributed by atoms with Crippen LogP contribution in [0.25, 0.3) is 0 Å². The standard InChI is InChI=1S/C16H15ClFN5O/c17-13-9-19-22(11-13)8-6-16(24)20-15-5-7-23(21-15)10-12-1-3-14(18)4-2-12/h1-5,7,9,11H,6,8,10H2,(H,20,21,24). The lowest BCUT2D eigenvalue weighted by Gasteiger charge is -2.03. The molecule has 0 aliphatic rings. The third kappa shape index (κ3) is 4.42. The largest absolute Gasteiger partial charge is 0.309 e. The number of amides is 1. The van der Waals surface area contributed by atoms with E-state index >= 15 is 0 Å². The molecule has 6 nitrogen and oxygen atoms in total. The van der Waals surface area contributed by atoms with Gasteiger partial charge in [0.05, 0.1) is 17.8 Å². The zero-order chi connectivity index (χ0) is 16.9. The first kappa shape index (κ1) is 16.2. The molecule has 0 spiro atoms. The summed E-state index contributed by atoms with van der Waals surface area (Å²) in [6, 6.07) is 7.92. The molecular formula is C16H15ClFN5O. The van der Waals surface area contributed by atoms with Crippen LogP contribution in [0.5, 0.6) is 0 Å². The number of benzene rings is 1. The number of nitrogens with one attached hydrogen (secondary N) is 1. The van der Waals surface area contributed by atoms with Crippen LogP contribution in [0.1, 0.15) is 12.0 Å². The maximum atomic E-state index is 12.9. The zero-order valence-corrected chi connectivity index (χ0v) is 13.4. The Kier molecular flexibility index (Phi) is 4.90. The van der Waals surface area contributed by atoms with Crippen molar-refractivity contribution in [2.24, 2.45) is 0 Å². The monoisotopic (exact) mass is 347 g/mol. The van der Waals surface area contributed by atoms with E-state index in [4.69, 9.17) is 11.6 Å². The fraction of sp³-hybridized carbons (Fsp3) is 0.188. The van der Waals surface area contributed by atoms with Crippen LogP contribution in [-0.2, 0) is 17.9 Å². The Hall–Kier alpha value is -2.67. The van der Waals surface area contributed by atoms with Crippen molar-refractivity contribution in [3.05, 3.63) is 65.3 Å². The Morgan fingerprint density at radius 3 is 2.71 bits per heavy atom. The number of halogens is 2. The molecule has 124 valence electrons. The highest BCUT2D eigenvalue weighted by Gasteiger charge is 2.06. The van der Waals surface area contributed by atoms with Crippen LogP contribution in [-0.4, -0.2) is 25.5 Å². The molecule has 0 aliphatic carbocycles. The first-order valence-corrected chi connectivity index (χ1v) is 7.72. The zero-order valence-electron chi connectivity index (χ0n) is 12.7. The maximum absolute atomic E-state index is 12.9. The molecule has 0 saturated heterocycles. The number of aromatic nitrogens is 4. The van der Waals surface area contributed by atoms with Crippen molar-refractivity contribution in [3.63, 3.8) is 0 Å². The van der Waals surface area contributed by atoms with Gasteiger partial charge in [-0.25, -0.2) is 4.39 Å². The molecule has 24 heavy (non-hydrogen) atoms. The van der Waals surface area contributed by atoms with E-state index in [9.17, 15) is 9.18 Å². The predicted octanol–water partition coefficient (Wildman–Crippen LogP) is 2.95. The summed E-state index contributed by atoms with van der Waals surface area (Å²) in [6.45, 7) is 0.941. The van der Waals surface area contributed by atoms with E-state index < -0.39 is 0 Å². The van der Waals surface area contributed by atoms with Crippen LogP contribution in [0.2, 0.25) is 5.02 Å². The van der Waals surface area contributed by atoms with Crippen LogP contribution in [0.15, 0.2) is 48.9 Å². The summed E-state index contributed by atoms with van der Waals surface area (Å²) in [7, 11) is 0. The van der Waals surface area contributed by atoms with Crippen LogP contribution in [0, 0.1) is 5.82 Å². The molecule has 0 bridgehead atoms. The Labute approximate surface area is 142 Å². The minimum absolute atomic E-state index is 0.159. The van der Waals surface area contributed by atoms with Gasteiger partial charge in [-0.05, 0) is 17.7 Å². The molecule has 0 radical (unpaired) electrons.